The molecule has 0 radical (unpaired) electrons. The summed E-state index contributed by atoms with van der Waals surface area (Å²) < 4.78 is 0. The van der Waals surface area contributed by atoms with Crippen LogP contribution in [0.25, 0.3) is 11.1 Å². The zero-order valence-electron chi connectivity index (χ0n) is 9.41. The Balaban J connectivity index is 2.42. The van der Waals surface area contributed by atoms with Gasteiger partial charge in [-0.3, -0.25) is 0 Å². The number of hydrogen-bond acceptors (Lipinski definition) is 4. The average Bonchev–Trinajstić information content (AvgIpc) is 2.36. The summed E-state index contributed by atoms with van der Waals surface area (Å²) in [6.45, 7) is 0. The summed E-state index contributed by atoms with van der Waals surface area (Å²) in [5, 5.41) is 40.0. The molecule has 0 aliphatic heterocycles. The van der Waals surface area contributed by atoms with Crippen molar-refractivity contribution in [3.8, 4) is 22.6 Å². The van der Waals surface area contributed by atoms with Crippen LogP contribution in [0.5, 0.6) is 11.5 Å². The molecule has 92 valence electrons. The van der Waals surface area contributed by atoms with Crippen molar-refractivity contribution in [1.29, 1.82) is 0 Å². The van der Waals surface area contributed by atoms with Crippen molar-refractivity contribution < 1.29 is 20.4 Å². The van der Waals surface area contributed by atoms with E-state index in [1.54, 1.807) is 24.3 Å². The van der Waals surface area contributed by atoms with Crippen LogP contribution in [-0.2, 0) is 0 Å². The number of phenols is 2. The van der Waals surface area contributed by atoms with E-state index in [0.717, 1.165) is 0 Å². The van der Waals surface area contributed by atoms with Crippen molar-refractivity contribution in [2.75, 3.05) is 0 Å². The van der Waals surface area contributed by atoms with Gasteiger partial charge in [0.25, 0.3) is 0 Å². The van der Waals surface area contributed by atoms with Crippen molar-refractivity contribution >= 4 is 0 Å². The molecular weight excluding hydrogens is 232 g/mol. The Morgan fingerprint density at radius 2 is 1.06 bits per heavy atom. The first kappa shape index (κ1) is 11.1. The molecule has 2 aromatic rings. The smallest absolute Gasteiger partial charge is 0.123 e. The fourth-order valence-corrected chi connectivity index (χ4v) is 2.49. The lowest BCUT2D eigenvalue weighted by atomic mass is 9.81. The molecule has 1 aliphatic carbocycles. The third kappa shape index (κ3) is 1.33. The number of fused-ring (bicyclic) bond motifs is 3. The second-order valence-corrected chi connectivity index (χ2v) is 4.37. The number of phenolic OH excluding ortho intramolecular Hbond substituents is 2. The first-order chi connectivity index (χ1) is 8.61. The third-order valence-electron chi connectivity index (χ3n) is 3.34. The Morgan fingerprint density at radius 1 is 0.667 bits per heavy atom. The fraction of sp³-hybridized carbons (Fsp3) is 0.143. The van der Waals surface area contributed by atoms with Gasteiger partial charge in [0.1, 0.15) is 23.7 Å². The number of aliphatic hydroxyl groups is 2. The van der Waals surface area contributed by atoms with Gasteiger partial charge in [-0.25, -0.2) is 0 Å². The van der Waals surface area contributed by atoms with Gasteiger partial charge in [-0.15, -0.1) is 0 Å². The van der Waals surface area contributed by atoms with Crippen molar-refractivity contribution in [3.63, 3.8) is 0 Å². The maximum Gasteiger partial charge on any atom is 0.123 e. The van der Waals surface area contributed by atoms with Gasteiger partial charge >= 0.3 is 0 Å². The molecule has 0 saturated carbocycles. The topological polar surface area (TPSA) is 80.9 Å². The molecule has 0 aromatic heterocycles. The molecule has 18 heavy (non-hydrogen) atoms. The number of aromatic hydroxyl groups is 2. The first-order valence-corrected chi connectivity index (χ1v) is 5.61. The lowest BCUT2D eigenvalue weighted by molar-refractivity contribution is 0.0155. The monoisotopic (exact) mass is 244 g/mol. The van der Waals surface area contributed by atoms with Crippen molar-refractivity contribution in [3.05, 3.63) is 47.5 Å². The molecule has 4 nitrogen and oxygen atoms in total. The van der Waals surface area contributed by atoms with Gasteiger partial charge in [-0.1, -0.05) is 24.3 Å². The maximum absolute atomic E-state index is 10.0. The molecule has 3 rings (SSSR count). The van der Waals surface area contributed by atoms with Crippen LogP contribution >= 0.6 is 0 Å². The number of aliphatic hydroxyl groups excluding tert-OH is 2. The fourth-order valence-electron chi connectivity index (χ4n) is 2.49. The van der Waals surface area contributed by atoms with Crippen LogP contribution in [0.2, 0.25) is 0 Å². The molecular formula is C14H12O4. The number of rotatable bonds is 0. The van der Waals surface area contributed by atoms with E-state index >= 15 is 0 Å². The second kappa shape index (κ2) is 3.73. The lowest BCUT2D eigenvalue weighted by Gasteiger charge is -2.29. The Morgan fingerprint density at radius 3 is 1.44 bits per heavy atom. The Bertz CT molecular complexity index is 566. The molecule has 0 amide bonds. The quantitative estimate of drug-likeness (QED) is 0.570. The van der Waals surface area contributed by atoms with Crippen LogP contribution in [0.1, 0.15) is 23.3 Å². The van der Waals surface area contributed by atoms with Crippen LogP contribution in [0.15, 0.2) is 36.4 Å². The van der Waals surface area contributed by atoms with E-state index in [4.69, 9.17) is 0 Å². The SMILES string of the molecule is Oc1cccc2c1-c1c(O)cccc1[C@@H](O)[C@@H]2O. The molecule has 2 aromatic carbocycles. The molecule has 0 heterocycles. The number of benzene rings is 2. The van der Waals surface area contributed by atoms with Gasteiger partial charge in [0.15, 0.2) is 0 Å². The molecule has 2 atom stereocenters. The van der Waals surface area contributed by atoms with Gasteiger partial charge in [-0.2, -0.15) is 0 Å². The Hall–Kier alpha value is -2.04. The summed E-state index contributed by atoms with van der Waals surface area (Å²) in [7, 11) is 0. The van der Waals surface area contributed by atoms with Gasteiger partial charge in [-0.05, 0) is 23.3 Å². The molecule has 0 spiro atoms. The standard InChI is InChI=1S/C14H12O4/c15-9-5-1-3-7-11(9)12-8(14(18)13(7)17)4-2-6-10(12)16/h1-6,13-18H/t13-,14-/m1/s1. The van der Waals surface area contributed by atoms with Crippen LogP contribution in [-0.4, -0.2) is 20.4 Å². The van der Waals surface area contributed by atoms with E-state index < -0.39 is 12.2 Å². The Labute approximate surface area is 103 Å². The van der Waals surface area contributed by atoms with Gasteiger partial charge in [0, 0.05) is 11.1 Å². The lowest BCUT2D eigenvalue weighted by Crippen LogP contribution is -2.17. The van der Waals surface area contributed by atoms with E-state index in [1.807, 2.05) is 0 Å². The second-order valence-electron chi connectivity index (χ2n) is 4.37. The van der Waals surface area contributed by atoms with Crippen molar-refractivity contribution in [2.24, 2.45) is 0 Å². The molecule has 0 unspecified atom stereocenters. The minimum absolute atomic E-state index is 0.0267. The van der Waals surface area contributed by atoms with Gasteiger partial charge in [0.05, 0.1) is 0 Å². The van der Waals surface area contributed by atoms with E-state index in [-0.39, 0.29) is 11.5 Å². The summed E-state index contributed by atoms with van der Waals surface area (Å²) >= 11 is 0. The zero-order valence-corrected chi connectivity index (χ0v) is 9.41. The first-order valence-electron chi connectivity index (χ1n) is 5.61. The molecule has 4 heteroatoms. The summed E-state index contributed by atoms with van der Waals surface area (Å²) in [6.07, 6.45) is -2.22. The van der Waals surface area contributed by atoms with Gasteiger partial charge in [0.2, 0.25) is 0 Å². The van der Waals surface area contributed by atoms with E-state index in [2.05, 4.69) is 0 Å². The van der Waals surface area contributed by atoms with E-state index in [9.17, 15) is 20.4 Å². The zero-order chi connectivity index (χ0) is 12.9. The van der Waals surface area contributed by atoms with Crippen LogP contribution in [0, 0.1) is 0 Å². The van der Waals surface area contributed by atoms with Crippen LogP contribution in [0.3, 0.4) is 0 Å². The minimum Gasteiger partial charge on any atom is -0.507 e. The average molecular weight is 244 g/mol. The van der Waals surface area contributed by atoms with Crippen molar-refractivity contribution in [1.82, 2.24) is 0 Å². The molecule has 1 aliphatic rings. The normalized spacial score (nSPS) is 21.2. The van der Waals surface area contributed by atoms with E-state index in [0.29, 0.717) is 22.3 Å². The van der Waals surface area contributed by atoms with Crippen molar-refractivity contribution in [2.45, 2.75) is 12.2 Å². The highest BCUT2D eigenvalue weighted by Crippen LogP contribution is 2.50. The third-order valence-corrected chi connectivity index (χ3v) is 3.34. The summed E-state index contributed by atoms with van der Waals surface area (Å²) in [5.74, 6) is -0.0533. The highest BCUT2D eigenvalue weighted by Gasteiger charge is 2.34. The molecule has 0 saturated heterocycles. The predicted octanol–water partition coefficient (Wildman–Crippen LogP) is 1.85. The molecule has 4 N–H and O–H groups in total. The minimum atomic E-state index is -1.11. The van der Waals surface area contributed by atoms with Crippen LogP contribution in [0.4, 0.5) is 0 Å². The summed E-state index contributed by atoms with van der Waals surface area (Å²) in [5.41, 5.74) is 1.58. The Kier molecular flexibility index (Phi) is 2.29. The highest BCUT2D eigenvalue weighted by atomic mass is 16.3. The molecule has 0 bridgehead atoms. The number of hydrogen-bond donors (Lipinski definition) is 4. The van der Waals surface area contributed by atoms with Gasteiger partial charge < -0.3 is 20.4 Å². The van der Waals surface area contributed by atoms with E-state index in [1.165, 1.54) is 12.1 Å². The highest BCUT2D eigenvalue weighted by molar-refractivity contribution is 5.83. The van der Waals surface area contributed by atoms with Crippen LogP contribution < -0.4 is 0 Å². The summed E-state index contributed by atoms with van der Waals surface area (Å²) in [4.78, 5) is 0. The molecule has 0 fully saturated rings. The predicted molar refractivity (Wildman–Crippen MR) is 65.1 cm³/mol. The summed E-state index contributed by atoms with van der Waals surface area (Å²) in [6, 6.07) is 9.40. The maximum atomic E-state index is 10.0. The largest absolute Gasteiger partial charge is 0.507 e.